The molecule has 1 heterocycles. The summed E-state index contributed by atoms with van der Waals surface area (Å²) in [5.74, 6) is -0.111. The zero-order valence-electron chi connectivity index (χ0n) is 17.0. The summed E-state index contributed by atoms with van der Waals surface area (Å²) in [6.07, 6.45) is 1.79. The minimum atomic E-state index is -0.440. The number of benzene rings is 2. The van der Waals surface area contributed by atoms with Crippen molar-refractivity contribution in [3.05, 3.63) is 76.0 Å². The molecule has 0 aliphatic heterocycles. The Bertz CT molecular complexity index is 1010. The second-order valence-electron chi connectivity index (χ2n) is 6.95. The van der Waals surface area contributed by atoms with Crippen molar-refractivity contribution >= 4 is 40.6 Å². The zero-order valence-corrected chi connectivity index (χ0v) is 18.6. The number of thioether (sulfide) groups is 1. The number of anilines is 1. The van der Waals surface area contributed by atoms with Crippen LogP contribution in [0.4, 0.5) is 10.1 Å². The summed E-state index contributed by atoms with van der Waals surface area (Å²) < 4.78 is 13.2. The van der Waals surface area contributed by atoms with E-state index in [1.807, 2.05) is 25.1 Å². The lowest BCUT2D eigenvalue weighted by atomic mass is 10.1. The van der Waals surface area contributed by atoms with E-state index < -0.39 is 11.7 Å². The number of hydrogen-bond acceptors (Lipinski definition) is 6. The van der Waals surface area contributed by atoms with Crippen molar-refractivity contribution in [2.24, 2.45) is 0 Å². The molecule has 9 heteroatoms. The van der Waals surface area contributed by atoms with Crippen LogP contribution in [0.2, 0.25) is 0 Å². The predicted molar refractivity (Wildman–Crippen MR) is 123 cm³/mol. The van der Waals surface area contributed by atoms with Gasteiger partial charge in [-0.2, -0.15) is 0 Å². The Morgan fingerprint density at radius 2 is 1.94 bits per heavy atom. The van der Waals surface area contributed by atoms with Crippen LogP contribution in [0.3, 0.4) is 0 Å². The summed E-state index contributed by atoms with van der Waals surface area (Å²) in [6.45, 7) is 2.00. The number of aryl methyl sites for hydroxylation is 1. The van der Waals surface area contributed by atoms with Crippen molar-refractivity contribution in [1.29, 1.82) is 0 Å². The molecule has 0 unspecified atom stereocenters. The van der Waals surface area contributed by atoms with Crippen molar-refractivity contribution in [2.75, 3.05) is 11.1 Å². The Morgan fingerprint density at radius 1 is 1.13 bits per heavy atom. The molecule has 3 aromatic rings. The lowest BCUT2D eigenvalue weighted by Gasteiger charge is -2.13. The highest BCUT2D eigenvalue weighted by Crippen LogP contribution is 2.18. The molecule has 1 aromatic heterocycles. The average molecular weight is 459 g/mol. The molecule has 0 aliphatic rings. The summed E-state index contributed by atoms with van der Waals surface area (Å²) in [5, 5.41) is 14.3. The van der Waals surface area contributed by atoms with E-state index in [9.17, 15) is 14.0 Å². The number of nitrogens with one attached hydrogen (secondary N) is 2. The van der Waals surface area contributed by atoms with Crippen LogP contribution in [0.5, 0.6) is 0 Å². The fourth-order valence-electron chi connectivity index (χ4n) is 2.80. The van der Waals surface area contributed by atoms with Gasteiger partial charge >= 0.3 is 0 Å². The lowest BCUT2D eigenvalue weighted by Crippen LogP contribution is -2.34. The Morgan fingerprint density at radius 3 is 2.71 bits per heavy atom. The fourth-order valence-corrected chi connectivity index (χ4v) is 4.42. The van der Waals surface area contributed by atoms with Gasteiger partial charge in [0.1, 0.15) is 10.8 Å². The molecular weight excluding hydrogens is 435 g/mol. The quantitative estimate of drug-likeness (QED) is 0.473. The van der Waals surface area contributed by atoms with Gasteiger partial charge in [-0.25, -0.2) is 4.39 Å². The van der Waals surface area contributed by atoms with Crippen molar-refractivity contribution in [3.8, 4) is 0 Å². The molecule has 6 nitrogen and oxygen atoms in total. The number of rotatable bonds is 10. The van der Waals surface area contributed by atoms with Gasteiger partial charge in [-0.3, -0.25) is 9.59 Å². The molecule has 2 amide bonds. The third-order valence-corrected chi connectivity index (χ3v) is 6.37. The van der Waals surface area contributed by atoms with Crippen LogP contribution in [0.25, 0.3) is 0 Å². The number of carbonyl (C=O) groups excluding carboxylic acids is 2. The molecule has 2 N–H and O–H groups in total. The standard InChI is InChI=1S/C22H23FN4O2S2/c1-15(10-11-16-6-3-2-4-7-16)24-19(28)13-30-14-20-26-27-22(31-20)21(29)25-18-9-5-8-17(23)12-18/h2-9,12,15H,10-11,13-14H2,1H3,(H,24,28)(H,25,29)/t15-/m1/s1. The molecule has 0 fully saturated rings. The van der Waals surface area contributed by atoms with E-state index in [1.165, 1.54) is 35.5 Å². The molecule has 0 spiro atoms. The summed E-state index contributed by atoms with van der Waals surface area (Å²) in [6, 6.07) is 15.9. The van der Waals surface area contributed by atoms with E-state index in [-0.39, 0.29) is 17.0 Å². The lowest BCUT2D eigenvalue weighted by molar-refractivity contribution is -0.119. The van der Waals surface area contributed by atoms with E-state index in [1.54, 1.807) is 6.07 Å². The molecule has 1 atom stereocenters. The highest BCUT2D eigenvalue weighted by molar-refractivity contribution is 7.99. The topological polar surface area (TPSA) is 84.0 Å². The van der Waals surface area contributed by atoms with Crippen molar-refractivity contribution < 1.29 is 14.0 Å². The number of aromatic nitrogens is 2. The van der Waals surface area contributed by atoms with Gasteiger partial charge in [0.2, 0.25) is 10.9 Å². The molecule has 2 aromatic carbocycles. The van der Waals surface area contributed by atoms with E-state index in [4.69, 9.17) is 0 Å². The maximum Gasteiger partial charge on any atom is 0.286 e. The zero-order chi connectivity index (χ0) is 22.1. The first-order valence-electron chi connectivity index (χ1n) is 9.80. The number of hydrogen-bond donors (Lipinski definition) is 2. The molecule has 0 bridgehead atoms. The van der Waals surface area contributed by atoms with E-state index in [0.29, 0.717) is 22.2 Å². The van der Waals surface area contributed by atoms with Gasteiger partial charge < -0.3 is 10.6 Å². The van der Waals surface area contributed by atoms with Gasteiger partial charge in [0.05, 0.1) is 5.75 Å². The second-order valence-corrected chi connectivity index (χ2v) is 9.00. The van der Waals surface area contributed by atoms with Crippen LogP contribution in [0.15, 0.2) is 54.6 Å². The molecule has 0 saturated carbocycles. The van der Waals surface area contributed by atoms with Crippen LogP contribution < -0.4 is 10.6 Å². The molecule has 162 valence electrons. The van der Waals surface area contributed by atoms with Crippen molar-refractivity contribution in [3.63, 3.8) is 0 Å². The van der Waals surface area contributed by atoms with E-state index in [2.05, 4.69) is 33.0 Å². The summed E-state index contributed by atoms with van der Waals surface area (Å²) in [5.41, 5.74) is 1.61. The van der Waals surface area contributed by atoms with Gasteiger partial charge in [0.25, 0.3) is 5.91 Å². The molecule has 0 saturated heterocycles. The van der Waals surface area contributed by atoms with Crippen molar-refractivity contribution in [2.45, 2.75) is 31.6 Å². The molecule has 31 heavy (non-hydrogen) atoms. The highest BCUT2D eigenvalue weighted by atomic mass is 32.2. The normalized spacial score (nSPS) is 11.7. The Hall–Kier alpha value is -2.78. The first-order chi connectivity index (χ1) is 15.0. The number of carbonyl (C=O) groups is 2. The SMILES string of the molecule is C[C@H](CCc1ccccc1)NC(=O)CSCc1nnc(C(=O)Nc2cccc(F)c2)s1. The summed E-state index contributed by atoms with van der Waals surface area (Å²) in [4.78, 5) is 24.3. The number of halogens is 1. The Balaban J connectivity index is 1.37. The van der Waals surface area contributed by atoms with Gasteiger partial charge in [-0.05, 0) is 43.5 Å². The summed E-state index contributed by atoms with van der Waals surface area (Å²) >= 11 is 2.57. The number of amides is 2. The van der Waals surface area contributed by atoms with Gasteiger partial charge in [-0.1, -0.05) is 47.7 Å². The fraction of sp³-hybridized carbons (Fsp3) is 0.273. The first kappa shape index (κ1) is 22.9. The minimum absolute atomic E-state index is 0.0286. The summed E-state index contributed by atoms with van der Waals surface area (Å²) in [7, 11) is 0. The van der Waals surface area contributed by atoms with E-state index in [0.717, 1.165) is 24.2 Å². The van der Waals surface area contributed by atoms with Crippen LogP contribution in [0, 0.1) is 5.82 Å². The minimum Gasteiger partial charge on any atom is -0.353 e. The molecular formula is C22H23FN4O2S2. The molecule has 0 aliphatic carbocycles. The van der Waals surface area contributed by atoms with Crippen LogP contribution in [-0.4, -0.2) is 33.8 Å². The predicted octanol–water partition coefficient (Wildman–Crippen LogP) is 4.30. The van der Waals surface area contributed by atoms with Gasteiger partial charge in [0, 0.05) is 17.5 Å². The monoisotopic (exact) mass is 458 g/mol. The largest absolute Gasteiger partial charge is 0.353 e. The maximum atomic E-state index is 13.2. The average Bonchev–Trinajstić information content (AvgIpc) is 3.22. The van der Waals surface area contributed by atoms with Crippen LogP contribution >= 0.6 is 23.1 Å². The first-order valence-corrected chi connectivity index (χ1v) is 11.8. The molecule has 0 radical (unpaired) electrons. The van der Waals surface area contributed by atoms with Gasteiger partial charge in [0.15, 0.2) is 0 Å². The van der Waals surface area contributed by atoms with Crippen molar-refractivity contribution in [1.82, 2.24) is 15.5 Å². The van der Waals surface area contributed by atoms with Gasteiger partial charge in [-0.15, -0.1) is 22.0 Å². The maximum absolute atomic E-state index is 13.2. The number of nitrogens with zero attached hydrogens (tertiary/aromatic N) is 2. The third kappa shape index (κ3) is 7.76. The highest BCUT2D eigenvalue weighted by Gasteiger charge is 2.14. The second kappa shape index (κ2) is 11.6. The smallest absolute Gasteiger partial charge is 0.286 e. The Kier molecular flexibility index (Phi) is 8.54. The van der Waals surface area contributed by atoms with Crippen LogP contribution in [-0.2, 0) is 17.0 Å². The van der Waals surface area contributed by atoms with Crippen LogP contribution in [0.1, 0.15) is 33.7 Å². The van der Waals surface area contributed by atoms with E-state index >= 15 is 0 Å². The third-order valence-electron chi connectivity index (χ3n) is 4.32. The molecule has 3 rings (SSSR count). The Labute approximate surface area is 188 Å².